The molecule has 0 unspecified atom stereocenters. The molecular formula is C12H8ClN3O2. The Hall–Kier alpha value is -2.27. The Kier molecular flexibility index (Phi) is 3.64. The minimum atomic E-state index is -0.406. The van der Waals surface area contributed by atoms with Gasteiger partial charge in [0, 0.05) is 18.1 Å². The molecular weight excluding hydrogens is 254 g/mol. The first-order chi connectivity index (χ1) is 8.70. The number of nitrogens with one attached hydrogen (secondary N) is 1. The fourth-order valence-electron chi connectivity index (χ4n) is 1.38. The summed E-state index contributed by atoms with van der Waals surface area (Å²) >= 11 is 5.90. The SMILES string of the molecule is O=Nc1ccc(Cl)c(C(=O)Nc2ccncc2)c1. The molecule has 1 heterocycles. The zero-order valence-electron chi connectivity index (χ0n) is 9.13. The van der Waals surface area contributed by atoms with Gasteiger partial charge >= 0.3 is 0 Å². The summed E-state index contributed by atoms with van der Waals surface area (Å²) in [5.41, 5.74) is 0.945. The van der Waals surface area contributed by atoms with Crippen LogP contribution in [0.25, 0.3) is 0 Å². The predicted octanol–water partition coefficient (Wildman–Crippen LogP) is 3.39. The number of pyridine rings is 1. The highest BCUT2D eigenvalue weighted by Crippen LogP contribution is 2.23. The molecule has 5 nitrogen and oxygen atoms in total. The first-order valence-electron chi connectivity index (χ1n) is 5.05. The van der Waals surface area contributed by atoms with E-state index in [-0.39, 0.29) is 16.3 Å². The molecule has 1 aromatic carbocycles. The number of carbonyl (C=O) groups excluding carboxylic acids is 1. The van der Waals surface area contributed by atoms with E-state index in [1.54, 1.807) is 24.5 Å². The van der Waals surface area contributed by atoms with Crippen molar-refractivity contribution < 1.29 is 4.79 Å². The molecule has 0 aliphatic carbocycles. The Morgan fingerprint density at radius 1 is 1.22 bits per heavy atom. The molecule has 1 N–H and O–H groups in total. The molecule has 0 saturated heterocycles. The maximum Gasteiger partial charge on any atom is 0.257 e. The van der Waals surface area contributed by atoms with Crippen LogP contribution in [0, 0.1) is 4.91 Å². The number of carbonyl (C=O) groups is 1. The highest BCUT2D eigenvalue weighted by molar-refractivity contribution is 6.34. The van der Waals surface area contributed by atoms with Crippen LogP contribution in [0.2, 0.25) is 5.02 Å². The van der Waals surface area contributed by atoms with E-state index < -0.39 is 5.91 Å². The monoisotopic (exact) mass is 261 g/mol. The molecule has 90 valence electrons. The Labute approximate surface area is 108 Å². The second-order valence-electron chi connectivity index (χ2n) is 3.45. The van der Waals surface area contributed by atoms with Gasteiger partial charge in [0.05, 0.1) is 10.6 Å². The van der Waals surface area contributed by atoms with Crippen LogP contribution in [0.4, 0.5) is 11.4 Å². The van der Waals surface area contributed by atoms with Crippen LogP contribution in [0.15, 0.2) is 47.9 Å². The topological polar surface area (TPSA) is 71.4 Å². The second-order valence-corrected chi connectivity index (χ2v) is 3.85. The lowest BCUT2D eigenvalue weighted by Crippen LogP contribution is -2.12. The lowest BCUT2D eigenvalue weighted by atomic mass is 10.2. The van der Waals surface area contributed by atoms with Crippen LogP contribution in [0.3, 0.4) is 0 Å². The number of nitroso groups, excluding NO2 is 1. The molecule has 18 heavy (non-hydrogen) atoms. The molecule has 1 amide bonds. The molecule has 1 aromatic heterocycles. The molecule has 6 heteroatoms. The number of nitrogens with zero attached hydrogens (tertiary/aromatic N) is 2. The van der Waals surface area contributed by atoms with Crippen molar-refractivity contribution in [1.29, 1.82) is 0 Å². The fourth-order valence-corrected chi connectivity index (χ4v) is 1.58. The quantitative estimate of drug-likeness (QED) is 0.861. The summed E-state index contributed by atoms with van der Waals surface area (Å²) in [6, 6.07) is 7.53. The van der Waals surface area contributed by atoms with Gasteiger partial charge in [-0.15, -0.1) is 4.91 Å². The maximum absolute atomic E-state index is 11.9. The summed E-state index contributed by atoms with van der Waals surface area (Å²) in [7, 11) is 0. The van der Waals surface area contributed by atoms with Gasteiger partial charge in [-0.1, -0.05) is 11.6 Å². The highest BCUT2D eigenvalue weighted by atomic mass is 35.5. The molecule has 0 radical (unpaired) electrons. The molecule has 0 saturated carbocycles. The van der Waals surface area contributed by atoms with Gasteiger partial charge in [0.15, 0.2) is 0 Å². The Balaban J connectivity index is 2.26. The van der Waals surface area contributed by atoms with E-state index in [2.05, 4.69) is 15.5 Å². The summed E-state index contributed by atoms with van der Waals surface area (Å²) < 4.78 is 0. The third kappa shape index (κ3) is 2.70. The second kappa shape index (κ2) is 5.37. The minimum Gasteiger partial charge on any atom is -0.322 e. The molecule has 0 aliphatic rings. The number of aromatic nitrogens is 1. The molecule has 0 atom stereocenters. The fraction of sp³-hybridized carbons (Fsp3) is 0. The lowest BCUT2D eigenvalue weighted by molar-refractivity contribution is 0.102. The van der Waals surface area contributed by atoms with Crippen LogP contribution < -0.4 is 5.32 Å². The molecule has 0 bridgehead atoms. The van der Waals surface area contributed by atoms with Crippen molar-refractivity contribution in [3.8, 4) is 0 Å². The largest absolute Gasteiger partial charge is 0.322 e. The average molecular weight is 262 g/mol. The normalized spacial score (nSPS) is 9.83. The number of anilines is 1. The number of amides is 1. The van der Waals surface area contributed by atoms with Gasteiger partial charge < -0.3 is 5.32 Å². The third-order valence-electron chi connectivity index (χ3n) is 2.24. The van der Waals surface area contributed by atoms with Gasteiger partial charge in [-0.3, -0.25) is 9.78 Å². The number of hydrogen-bond donors (Lipinski definition) is 1. The van der Waals surface area contributed by atoms with E-state index in [0.717, 1.165) is 0 Å². The van der Waals surface area contributed by atoms with Crippen LogP contribution in [-0.2, 0) is 0 Å². The molecule has 2 rings (SSSR count). The standard InChI is InChI=1S/C12H8ClN3O2/c13-11-2-1-9(16-18)7-10(11)12(17)15-8-3-5-14-6-4-8/h1-7H,(H,14,15,17). The van der Waals surface area contributed by atoms with Crippen LogP contribution >= 0.6 is 11.6 Å². The van der Waals surface area contributed by atoms with Gasteiger partial charge in [0.2, 0.25) is 0 Å². The van der Waals surface area contributed by atoms with Crippen molar-refractivity contribution in [1.82, 2.24) is 4.98 Å². The maximum atomic E-state index is 11.9. The van der Waals surface area contributed by atoms with E-state index in [0.29, 0.717) is 5.69 Å². The minimum absolute atomic E-state index is 0.152. The third-order valence-corrected chi connectivity index (χ3v) is 2.57. The average Bonchev–Trinajstić information content (AvgIpc) is 2.40. The Morgan fingerprint density at radius 3 is 2.61 bits per heavy atom. The summed E-state index contributed by atoms with van der Waals surface area (Å²) in [5.74, 6) is -0.406. The molecule has 0 fully saturated rings. The van der Waals surface area contributed by atoms with Crippen molar-refractivity contribution >= 4 is 28.9 Å². The van der Waals surface area contributed by atoms with Gasteiger partial charge in [-0.05, 0) is 35.5 Å². The van der Waals surface area contributed by atoms with Gasteiger partial charge in [-0.2, -0.15) is 0 Å². The Morgan fingerprint density at radius 2 is 1.94 bits per heavy atom. The van der Waals surface area contributed by atoms with Gasteiger partial charge in [0.1, 0.15) is 5.69 Å². The van der Waals surface area contributed by atoms with E-state index >= 15 is 0 Å². The van der Waals surface area contributed by atoms with Crippen molar-refractivity contribution in [2.45, 2.75) is 0 Å². The van der Waals surface area contributed by atoms with Gasteiger partial charge in [0.25, 0.3) is 5.91 Å². The van der Waals surface area contributed by atoms with E-state index in [1.165, 1.54) is 18.2 Å². The van der Waals surface area contributed by atoms with E-state index in [9.17, 15) is 9.70 Å². The Bertz CT molecular complexity index is 587. The van der Waals surface area contributed by atoms with Gasteiger partial charge in [-0.25, -0.2) is 0 Å². The molecule has 0 spiro atoms. The summed E-state index contributed by atoms with van der Waals surface area (Å²) in [5, 5.41) is 5.66. The zero-order chi connectivity index (χ0) is 13.0. The molecule has 2 aromatic rings. The van der Waals surface area contributed by atoms with Crippen molar-refractivity contribution in [2.75, 3.05) is 5.32 Å². The zero-order valence-corrected chi connectivity index (χ0v) is 9.89. The predicted molar refractivity (Wildman–Crippen MR) is 69.1 cm³/mol. The number of hydrogen-bond acceptors (Lipinski definition) is 4. The summed E-state index contributed by atoms with van der Waals surface area (Å²) in [6.07, 6.45) is 3.11. The number of halogens is 1. The van der Waals surface area contributed by atoms with Crippen LogP contribution in [-0.4, -0.2) is 10.9 Å². The van der Waals surface area contributed by atoms with Crippen molar-refractivity contribution in [3.05, 3.63) is 58.2 Å². The number of benzene rings is 1. The van der Waals surface area contributed by atoms with Crippen LogP contribution in [0.1, 0.15) is 10.4 Å². The van der Waals surface area contributed by atoms with Crippen molar-refractivity contribution in [3.63, 3.8) is 0 Å². The summed E-state index contributed by atoms with van der Waals surface area (Å²) in [4.78, 5) is 26.2. The lowest BCUT2D eigenvalue weighted by Gasteiger charge is -2.06. The first kappa shape index (κ1) is 12.2. The summed E-state index contributed by atoms with van der Waals surface area (Å²) in [6.45, 7) is 0. The number of rotatable bonds is 3. The van der Waals surface area contributed by atoms with E-state index in [1.807, 2.05) is 0 Å². The highest BCUT2D eigenvalue weighted by Gasteiger charge is 2.11. The van der Waals surface area contributed by atoms with Crippen molar-refractivity contribution in [2.24, 2.45) is 5.18 Å². The molecule has 0 aliphatic heterocycles. The first-order valence-corrected chi connectivity index (χ1v) is 5.43. The smallest absolute Gasteiger partial charge is 0.257 e. The van der Waals surface area contributed by atoms with Crippen LogP contribution in [0.5, 0.6) is 0 Å². The van der Waals surface area contributed by atoms with E-state index in [4.69, 9.17) is 11.6 Å².